The van der Waals surface area contributed by atoms with Crippen molar-refractivity contribution in [2.45, 2.75) is 56.1 Å². The molecule has 1 N–H and O–H groups in total. The largest absolute Gasteiger partial charge is 0.480 e. The van der Waals surface area contributed by atoms with Crippen molar-refractivity contribution in [1.82, 2.24) is 0 Å². The molecule has 1 fully saturated rings. The number of carbonyl (C=O) groups is 1. The lowest BCUT2D eigenvalue weighted by atomic mass is 9.82. The molecule has 0 radical (unpaired) electrons. The Morgan fingerprint density at radius 3 is 2.29 bits per heavy atom. The highest BCUT2D eigenvalue weighted by Gasteiger charge is 2.53. The van der Waals surface area contributed by atoms with Gasteiger partial charge in [-0.15, -0.1) is 0 Å². The summed E-state index contributed by atoms with van der Waals surface area (Å²) in [4.78, 5) is 12.0. The number of hydrogen-bond acceptors (Lipinski definition) is 3. The Labute approximate surface area is 126 Å². The average Bonchev–Trinajstić information content (AvgIpc) is 2.38. The molecular weight excluding hydrogens is 288 g/mol. The van der Waals surface area contributed by atoms with Gasteiger partial charge in [0.05, 0.1) is 4.90 Å². The van der Waals surface area contributed by atoms with Gasteiger partial charge in [-0.25, -0.2) is 8.42 Å². The van der Waals surface area contributed by atoms with E-state index >= 15 is 0 Å². The summed E-state index contributed by atoms with van der Waals surface area (Å²) >= 11 is 0. The summed E-state index contributed by atoms with van der Waals surface area (Å²) in [5.74, 6) is -0.832. The smallest absolute Gasteiger partial charge is 0.325 e. The molecule has 0 bridgehead atoms. The van der Waals surface area contributed by atoms with Crippen LogP contribution in [0.25, 0.3) is 0 Å². The van der Waals surface area contributed by atoms with Crippen LogP contribution >= 0.6 is 0 Å². The van der Waals surface area contributed by atoms with E-state index in [4.69, 9.17) is 0 Å². The molecule has 0 saturated heterocycles. The van der Waals surface area contributed by atoms with E-state index in [1.54, 1.807) is 25.1 Å². The molecule has 0 atom stereocenters. The highest BCUT2D eigenvalue weighted by molar-refractivity contribution is 7.93. The molecule has 0 unspecified atom stereocenters. The predicted octanol–water partition coefficient (Wildman–Crippen LogP) is 3.11. The van der Waals surface area contributed by atoms with Gasteiger partial charge in [-0.2, -0.15) is 0 Å². The van der Waals surface area contributed by atoms with E-state index in [1.807, 2.05) is 13.8 Å². The summed E-state index contributed by atoms with van der Waals surface area (Å²) in [6, 6.07) is 5.05. The van der Waals surface area contributed by atoms with Crippen molar-refractivity contribution in [3.63, 3.8) is 0 Å². The van der Waals surface area contributed by atoms with Crippen molar-refractivity contribution in [1.29, 1.82) is 0 Å². The third-order valence-electron chi connectivity index (χ3n) is 4.61. The molecule has 0 aromatic heterocycles. The van der Waals surface area contributed by atoms with Gasteiger partial charge in [-0.3, -0.25) is 4.79 Å². The monoisotopic (exact) mass is 310 g/mol. The lowest BCUT2D eigenvalue weighted by molar-refractivity contribution is -0.141. The first-order chi connectivity index (χ1) is 9.70. The second-order valence-electron chi connectivity index (χ2n) is 6.25. The third-order valence-corrected chi connectivity index (χ3v) is 7.25. The van der Waals surface area contributed by atoms with Crippen molar-refractivity contribution < 1.29 is 18.3 Å². The Bertz CT molecular complexity index is 653. The molecule has 1 aromatic carbocycles. The van der Waals surface area contributed by atoms with Crippen molar-refractivity contribution in [3.05, 3.63) is 29.3 Å². The third kappa shape index (κ3) is 2.59. The van der Waals surface area contributed by atoms with Crippen LogP contribution in [0.15, 0.2) is 23.1 Å². The average molecular weight is 310 g/mol. The van der Waals surface area contributed by atoms with Gasteiger partial charge in [-0.1, -0.05) is 24.6 Å². The second-order valence-corrected chi connectivity index (χ2v) is 8.48. The van der Waals surface area contributed by atoms with Crippen LogP contribution in [0.3, 0.4) is 0 Å². The minimum absolute atomic E-state index is 0.157. The topological polar surface area (TPSA) is 71.4 Å². The van der Waals surface area contributed by atoms with Crippen molar-refractivity contribution in [2.75, 3.05) is 0 Å². The maximum Gasteiger partial charge on any atom is 0.325 e. The van der Waals surface area contributed by atoms with Gasteiger partial charge in [0.25, 0.3) is 0 Å². The van der Waals surface area contributed by atoms with Crippen LogP contribution in [0.4, 0.5) is 0 Å². The molecule has 21 heavy (non-hydrogen) atoms. The molecule has 5 heteroatoms. The van der Waals surface area contributed by atoms with E-state index in [2.05, 4.69) is 0 Å². The highest BCUT2D eigenvalue weighted by Crippen LogP contribution is 2.42. The first kappa shape index (κ1) is 16.0. The lowest BCUT2D eigenvalue weighted by Crippen LogP contribution is -2.49. The minimum Gasteiger partial charge on any atom is -0.480 e. The van der Waals surface area contributed by atoms with E-state index in [1.165, 1.54) is 0 Å². The number of benzene rings is 1. The summed E-state index contributed by atoms with van der Waals surface area (Å²) in [5, 5.41) is 9.64. The van der Waals surface area contributed by atoms with Gasteiger partial charge in [0, 0.05) is 0 Å². The van der Waals surface area contributed by atoms with Crippen LogP contribution in [0.1, 0.15) is 43.7 Å². The molecule has 116 valence electrons. The number of rotatable bonds is 3. The van der Waals surface area contributed by atoms with Crippen LogP contribution in [0.5, 0.6) is 0 Å². The molecule has 0 amide bonds. The number of hydrogen-bond donors (Lipinski definition) is 1. The number of carboxylic acids is 1. The van der Waals surface area contributed by atoms with E-state index in [0.717, 1.165) is 5.56 Å². The molecular formula is C16H22O4S. The molecule has 1 saturated carbocycles. The number of carboxylic acid groups (broad SMARTS) is 1. The highest BCUT2D eigenvalue weighted by atomic mass is 32.2. The molecule has 1 aliphatic carbocycles. The maximum absolute atomic E-state index is 13.0. The molecule has 0 aliphatic heterocycles. The van der Waals surface area contributed by atoms with Crippen molar-refractivity contribution in [3.8, 4) is 0 Å². The lowest BCUT2D eigenvalue weighted by Gasteiger charge is -2.35. The fraction of sp³-hybridized carbons (Fsp3) is 0.562. The van der Waals surface area contributed by atoms with Crippen molar-refractivity contribution >= 4 is 15.8 Å². The predicted molar refractivity (Wildman–Crippen MR) is 81.1 cm³/mol. The van der Waals surface area contributed by atoms with Crippen LogP contribution in [-0.4, -0.2) is 24.2 Å². The SMILES string of the molecule is Cc1ccc(S(=O)(=O)C2(C(=O)O)CCC(C)CC2)c(C)c1. The molecule has 2 rings (SSSR count). The zero-order valence-corrected chi connectivity index (χ0v) is 13.5. The van der Waals surface area contributed by atoms with Crippen LogP contribution in [0, 0.1) is 19.8 Å². The zero-order valence-electron chi connectivity index (χ0n) is 12.7. The minimum atomic E-state index is -3.89. The second kappa shape index (κ2) is 5.44. The fourth-order valence-electron chi connectivity index (χ4n) is 3.14. The van der Waals surface area contributed by atoms with E-state index in [-0.39, 0.29) is 17.7 Å². The van der Waals surface area contributed by atoms with E-state index in [0.29, 0.717) is 24.3 Å². The maximum atomic E-state index is 13.0. The van der Waals surface area contributed by atoms with Crippen LogP contribution in [0.2, 0.25) is 0 Å². The first-order valence-electron chi connectivity index (χ1n) is 7.26. The van der Waals surface area contributed by atoms with E-state index < -0.39 is 20.6 Å². The number of aliphatic carboxylic acids is 1. The summed E-state index contributed by atoms with van der Waals surface area (Å²) in [6.07, 6.45) is 1.66. The standard InChI is InChI=1S/C16H22O4S/c1-11-6-8-16(9-7-11,15(17)18)21(19,20)14-5-4-12(2)10-13(14)3/h4-5,10-11H,6-9H2,1-3H3,(H,17,18). The van der Waals surface area contributed by atoms with Crippen LogP contribution < -0.4 is 0 Å². The molecule has 0 spiro atoms. The van der Waals surface area contributed by atoms with Crippen molar-refractivity contribution in [2.24, 2.45) is 5.92 Å². The molecule has 0 heterocycles. The van der Waals surface area contributed by atoms with Gasteiger partial charge in [-0.05, 0) is 57.1 Å². The zero-order chi connectivity index (χ0) is 15.8. The fourth-order valence-corrected chi connectivity index (χ4v) is 5.29. The number of aryl methyl sites for hydroxylation is 2. The molecule has 1 aliphatic rings. The summed E-state index contributed by atoms with van der Waals surface area (Å²) in [7, 11) is -3.89. The Hall–Kier alpha value is -1.36. The van der Waals surface area contributed by atoms with E-state index in [9.17, 15) is 18.3 Å². The first-order valence-corrected chi connectivity index (χ1v) is 8.74. The normalized spacial score (nSPS) is 26.5. The van der Waals surface area contributed by atoms with Gasteiger partial charge >= 0.3 is 5.97 Å². The number of sulfone groups is 1. The molecule has 1 aromatic rings. The quantitative estimate of drug-likeness (QED) is 0.931. The van der Waals surface area contributed by atoms with Gasteiger partial charge in [0.1, 0.15) is 0 Å². The van der Waals surface area contributed by atoms with Crippen LogP contribution in [-0.2, 0) is 14.6 Å². The molecule has 4 nitrogen and oxygen atoms in total. The van der Waals surface area contributed by atoms with Gasteiger partial charge in [0.2, 0.25) is 0 Å². The van der Waals surface area contributed by atoms with Gasteiger partial charge in [0.15, 0.2) is 14.6 Å². The summed E-state index contributed by atoms with van der Waals surface area (Å²) < 4.78 is 24.4. The Morgan fingerprint density at radius 1 is 1.24 bits per heavy atom. The summed E-state index contributed by atoms with van der Waals surface area (Å²) in [5.41, 5.74) is 1.59. The Kier molecular flexibility index (Phi) is 4.15. The Morgan fingerprint density at radius 2 is 1.81 bits per heavy atom. The summed E-state index contributed by atoms with van der Waals surface area (Å²) in [6.45, 7) is 5.65. The van der Waals surface area contributed by atoms with Gasteiger partial charge < -0.3 is 5.11 Å². The Balaban J connectivity index is 2.56.